The zero-order valence-electron chi connectivity index (χ0n) is 12.7. The first kappa shape index (κ1) is 16.5. The highest BCUT2D eigenvalue weighted by Gasteiger charge is 2.20. The third kappa shape index (κ3) is 4.80. The molecule has 0 saturated carbocycles. The van der Waals surface area contributed by atoms with E-state index in [9.17, 15) is 14.7 Å². The van der Waals surface area contributed by atoms with Crippen LogP contribution >= 0.6 is 0 Å². The Kier molecular flexibility index (Phi) is 5.67. The Morgan fingerprint density at radius 3 is 2.35 bits per heavy atom. The fraction of sp³-hybridized carbons (Fsp3) is 0.150. The molecule has 3 nitrogen and oxygen atoms in total. The van der Waals surface area contributed by atoms with Crippen molar-refractivity contribution >= 4 is 11.6 Å². The summed E-state index contributed by atoms with van der Waals surface area (Å²) in [5.74, 6) is -0.633. The molecule has 0 bridgehead atoms. The molecule has 0 aromatic heterocycles. The molecule has 0 spiro atoms. The van der Waals surface area contributed by atoms with Crippen molar-refractivity contribution < 1.29 is 14.7 Å². The van der Waals surface area contributed by atoms with E-state index in [2.05, 4.69) is 12.3 Å². The molecule has 2 aromatic carbocycles. The largest absolute Gasteiger partial charge is 0.508 e. The summed E-state index contributed by atoms with van der Waals surface area (Å²) in [6, 6.07) is 15.4. The van der Waals surface area contributed by atoms with Crippen LogP contribution in [0, 0.1) is 5.92 Å². The number of phenolic OH excluding ortho intramolecular Hbond substituents is 1. The Morgan fingerprint density at radius 1 is 1.09 bits per heavy atom. The fourth-order valence-corrected chi connectivity index (χ4v) is 2.31. The zero-order chi connectivity index (χ0) is 16.7. The van der Waals surface area contributed by atoms with Crippen LogP contribution in [-0.4, -0.2) is 16.7 Å². The first-order valence-corrected chi connectivity index (χ1v) is 7.35. The number of phenols is 1. The molecule has 1 atom stereocenters. The van der Waals surface area contributed by atoms with Crippen molar-refractivity contribution in [1.29, 1.82) is 0 Å². The van der Waals surface area contributed by atoms with E-state index in [0.717, 1.165) is 5.56 Å². The molecular weight excluding hydrogens is 288 g/mol. The van der Waals surface area contributed by atoms with Crippen molar-refractivity contribution in [3.63, 3.8) is 0 Å². The Balaban J connectivity index is 2.08. The summed E-state index contributed by atoms with van der Waals surface area (Å²) < 4.78 is 0. The van der Waals surface area contributed by atoms with Crippen LogP contribution in [0.25, 0.3) is 0 Å². The van der Waals surface area contributed by atoms with Gasteiger partial charge in [0.2, 0.25) is 0 Å². The van der Waals surface area contributed by atoms with Crippen molar-refractivity contribution in [3.05, 3.63) is 84.1 Å². The molecule has 0 fully saturated rings. The lowest BCUT2D eigenvalue weighted by Crippen LogP contribution is -2.18. The normalized spacial score (nSPS) is 11.3. The highest BCUT2D eigenvalue weighted by Crippen LogP contribution is 2.17. The van der Waals surface area contributed by atoms with Gasteiger partial charge in [-0.15, -0.1) is 5.73 Å². The van der Waals surface area contributed by atoms with Gasteiger partial charge in [-0.1, -0.05) is 49.0 Å². The van der Waals surface area contributed by atoms with Gasteiger partial charge in [0, 0.05) is 11.5 Å². The Hall–Kier alpha value is -2.90. The zero-order valence-corrected chi connectivity index (χ0v) is 12.7. The van der Waals surface area contributed by atoms with Crippen LogP contribution in [0.1, 0.15) is 22.3 Å². The molecule has 1 N–H and O–H groups in total. The van der Waals surface area contributed by atoms with E-state index in [0.29, 0.717) is 12.0 Å². The van der Waals surface area contributed by atoms with E-state index in [-0.39, 0.29) is 23.7 Å². The van der Waals surface area contributed by atoms with E-state index in [1.54, 1.807) is 54.6 Å². The summed E-state index contributed by atoms with van der Waals surface area (Å²) in [5, 5.41) is 9.31. The minimum Gasteiger partial charge on any atom is -0.508 e. The van der Waals surface area contributed by atoms with Crippen LogP contribution in [0.15, 0.2) is 73.0 Å². The summed E-state index contributed by atoms with van der Waals surface area (Å²) in [7, 11) is 0. The average molecular weight is 306 g/mol. The van der Waals surface area contributed by atoms with Crippen molar-refractivity contribution in [3.8, 4) is 5.75 Å². The van der Waals surface area contributed by atoms with Crippen LogP contribution in [-0.2, 0) is 11.2 Å². The smallest absolute Gasteiger partial charge is 0.170 e. The summed E-state index contributed by atoms with van der Waals surface area (Å²) >= 11 is 0. The lowest BCUT2D eigenvalue weighted by atomic mass is 9.91. The van der Waals surface area contributed by atoms with Gasteiger partial charge in [0.05, 0.1) is 6.42 Å². The van der Waals surface area contributed by atoms with Gasteiger partial charge in [-0.05, 0) is 30.2 Å². The van der Waals surface area contributed by atoms with Gasteiger partial charge in [-0.3, -0.25) is 9.59 Å². The number of rotatable bonds is 7. The predicted octanol–water partition coefficient (Wildman–Crippen LogP) is 3.73. The molecule has 0 radical (unpaired) electrons. The van der Waals surface area contributed by atoms with Crippen LogP contribution in [0.2, 0.25) is 0 Å². The molecule has 116 valence electrons. The maximum atomic E-state index is 12.4. The van der Waals surface area contributed by atoms with E-state index < -0.39 is 5.92 Å². The van der Waals surface area contributed by atoms with E-state index in [1.165, 1.54) is 0 Å². The molecule has 0 aliphatic heterocycles. The number of hydrogen-bond acceptors (Lipinski definition) is 3. The van der Waals surface area contributed by atoms with Gasteiger partial charge in [-0.2, -0.15) is 0 Å². The quantitative estimate of drug-likeness (QED) is 0.482. The van der Waals surface area contributed by atoms with E-state index in [4.69, 9.17) is 0 Å². The first-order chi connectivity index (χ1) is 11.1. The molecule has 3 heteroatoms. The van der Waals surface area contributed by atoms with Gasteiger partial charge in [0.1, 0.15) is 11.5 Å². The standard InChI is InChI=1S/C20H18O3/c1-2-6-17(13-15-9-11-18(21)12-10-15)20(23)14-19(22)16-7-4-3-5-8-16/h3-12,17,21H,1,13-14H2. The van der Waals surface area contributed by atoms with E-state index >= 15 is 0 Å². The Labute approximate surface area is 135 Å². The number of carbonyl (C=O) groups excluding carboxylic acids is 2. The summed E-state index contributed by atoms with van der Waals surface area (Å²) in [6.07, 6.45) is 1.89. The molecule has 2 aromatic rings. The topological polar surface area (TPSA) is 54.4 Å². The summed E-state index contributed by atoms with van der Waals surface area (Å²) in [5.41, 5.74) is 4.07. The average Bonchev–Trinajstić information content (AvgIpc) is 2.57. The number of allylic oxidation sites excluding steroid dienone is 1. The van der Waals surface area contributed by atoms with Gasteiger partial charge in [0.15, 0.2) is 5.78 Å². The number of hydrogen-bond donors (Lipinski definition) is 1. The molecule has 0 aliphatic rings. The fourth-order valence-electron chi connectivity index (χ4n) is 2.31. The Morgan fingerprint density at radius 2 is 1.74 bits per heavy atom. The SMILES string of the molecule is C=C=CC(Cc1ccc(O)cc1)C(=O)CC(=O)c1ccccc1. The molecule has 0 aliphatic carbocycles. The van der Waals surface area contributed by atoms with Crippen molar-refractivity contribution in [2.45, 2.75) is 12.8 Å². The highest BCUT2D eigenvalue weighted by molar-refractivity contribution is 6.08. The van der Waals surface area contributed by atoms with Gasteiger partial charge < -0.3 is 5.11 Å². The second kappa shape index (κ2) is 7.92. The highest BCUT2D eigenvalue weighted by atomic mass is 16.3. The second-order valence-electron chi connectivity index (χ2n) is 5.28. The molecule has 1 unspecified atom stereocenters. The number of benzene rings is 2. The first-order valence-electron chi connectivity index (χ1n) is 7.35. The van der Waals surface area contributed by atoms with E-state index in [1.807, 2.05) is 6.07 Å². The van der Waals surface area contributed by atoms with Crippen LogP contribution in [0.5, 0.6) is 5.75 Å². The lowest BCUT2D eigenvalue weighted by molar-refractivity contribution is -0.120. The van der Waals surface area contributed by atoms with Gasteiger partial charge in [-0.25, -0.2) is 0 Å². The third-order valence-corrected chi connectivity index (χ3v) is 3.56. The maximum Gasteiger partial charge on any atom is 0.170 e. The number of carbonyl (C=O) groups is 2. The van der Waals surface area contributed by atoms with Crippen LogP contribution in [0.4, 0.5) is 0 Å². The molecule has 0 heterocycles. The molecule has 0 saturated heterocycles. The van der Waals surface area contributed by atoms with Gasteiger partial charge in [0.25, 0.3) is 0 Å². The summed E-state index contributed by atoms with van der Waals surface area (Å²) in [4.78, 5) is 24.6. The monoisotopic (exact) mass is 306 g/mol. The van der Waals surface area contributed by atoms with Crippen molar-refractivity contribution in [2.24, 2.45) is 5.92 Å². The minimum atomic E-state index is -0.454. The molecule has 2 rings (SSSR count). The van der Waals surface area contributed by atoms with Crippen LogP contribution < -0.4 is 0 Å². The number of ketones is 2. The van der Waals surface area contributed by atoms with Crippen molar-refractivity contribution in [1.82, 2.24) is 0 Å². The molecule has 0 amide bonds. The van der Waals surface area contributed by atoms with Crippen LogP contribution in [0.3, 0.4) is 0 Å². The second-order valence-corrected chi connectivity index (χ2v) is 5.28. The molecular formula is C20H18O3. The maximum absolute atomic E-state index is 12.4. The minimum absolute atomic E-state index is 0.148. The van der Waals surface area contributed by atoms with Crippen molar-refractivity contribution in [2.75, 3.05) is 0 Å². The van der Waals surface area contributed by atoms with Gasteiger partial charge >= 0.3 is 0 Å². The lowest BCUT2D eigenvalue weighted by Gasteiger charge is -2.11. The number of Topliss-reactive ketones (excluding diaryl/α,β-unsaturated/α-hetero) is 2. The summed E-state index contributed by atoms with van der Waals surface area (Å²) in [6.45, 7) is 3.52. The predicted molar refractivity (Wildman–Crippen MR) is 89.4 cm³/mol. The number of aromatic hydroxyl groups is 1. The third-order valence-electron chi connectivity index (χ3n) is 3.56. The molecule has 23 heavy (non-hydrogen) atoms. The Bertz CT molecular complexity index is 723.